The smallest absolute Gasteiger partial charge is 0.122 e. The second kappa shape index (κ2) is 37.8. The summed E-state index contributed by atoms with van der Waals surface area (Å²) in [5.74, 6) is 0.332. The molecule has 288 valence electrons. The number of hydrogen-bond acceptors (Lipinski definition) is 2. The Bertz CT molecular complexity index is 849. The molecule has 0 aromatic heterocycles. The Hall–Kier alpha value is -1.44. The average Bonchev–Trinajstić information content (AvgIpc) is 3.85. The van der Waals surface area contributed by atoms with Crippen molar-refractivity contribution in [3.05, 3.63) is 59.7 Å². The molecular weight excluding hydrogens is 640 g/mol. The Balaban J connectivity index is 0.00000349. The van der Waals surface area contributed by atoms with Crippen molar-refractivity contribution in [2.45, 2.75) is 219 Å². The summed E-state index contributed by atoms with van der Waals surface area (Å²) in [6.07, 6.45) is 41.1. The van der Waals surface area contributed by atoms with Crippen molar-refractivity contribution < 1.29 is 26.7 Å². The zero-order valence-electron chi connectivity index (χ0n) is 32.4. The zero-order chi connectivity index (χ0) is 34.6. The van der Waals surface area contributed by atoms with E-state index >= 15 is 0 Å². The molecule has 0 unspecified atom stereocenters. The van der Waals surface area contributed by atoms with Crippen LogP contribution in [-0.4, -0.2) is 11.6 Å². The molecule has 2 nitrogen and oxygen atoms in total. The van der Waals surface area contributed by atoms with Gasteiger partial charge in [-0.25, -0.2) is 0 Å². The third-order valence-electron chi connectivity index (χ3n) is 9.99. The fourth-order valence-electron chi connectivity index (χ4n) is 6.81. The van der Waals surface area contributed by atoms with Crippen molar-refractivity contribution in [1.82, 2.24) is 0 Å². The van der Waals surface area contributed by atoms with Crippen LogP contribution in [0.2, 0.25) is 0 Å². The quantitative estimate of drug-likeness (QED) is 0.0312. The SMILES string of the molecule is CCCCCCCCCCCCCCCCCC(=O)c1ccc[c-]1C(=O)CCCCCCCCCCCCCCCCC.[Fe].[cH-]1[cH-][cH-][cH-][cH-]1. The first-order chi connectivity index (χ1) is 23.7. The summed E-state index contributed by atoms with van der Waals surface area (Å²) in [6, 6.07) is 15.6. The van der Waals surface area contributed by atoms with Crippen LogP contribution in [-0.2, 0) is 17.1 Å². The van der Waals surface area contributed by atoms with Crippen molar-refractivity contribution in [3.63, 3.8) is 0 Å². The summed E-state index contributed by atoms with van der Waals surface area (Å²) in [7, 11) is 0. The third-order valence-corrected chi connectivity index (χ3v) is 9.99. The molecule has 0 bridgehead atoms. The van der Waals surface area contributed by atoms with Gasteiger partial charge >= 0.3 is 0 Å². The van der Waals surface area contributed by atoms with Crippen LogP contribution < -0.4 is 0 Å². The maximum atomic E-state index is 12.8. The number of rotatable bonds is 34. The molecule has 2 aromatic rings. The van der Waals surface area contributed by atoms with Crippen molar-refractivity contribution >= 4 is 11.6 Å². The Kier molecular flexibility index (Phi) is 36.7. The van der Waals surface area contributed by atoms with E-state index < -0.39 is 0 Å². The van der Waals surface area contributed by atoms with Gasteiger partial charge in [0.05, 0.1) is 5.78 Å². The fraction of sp³-hybridized carbons (Fsp3) is 0.739. The van der Waals surface area contributed by atoms with Crippen LogP contribution in [0, 0.1) is 0 Å². The molecule has 0 N–H and O–H groups in total. The van der Waals surface area contributed by atoms with Gasteiger partial charge in [-0.1, -0.05) is 206 Å². The van der Waals surface area contributed by atoms with E-state index in [0.29, 0.717) is 24.0 Å². The Morgan fingerprint density at radius 1 is 0.449 bits per heavy atom. The molecule has 0 heterocycles. The summed E-state index contributed by atoms with van der Waals surface area (Å²) in [6.45, 7) is 4.57. The molecule has 0 radical (unpaired) electrons. The summed E-state index contributed by atoms with van der Waals surface area (Å²) in [5, 5.41) is 0. The normalized spacial score (nSPS) is 10.8. The first-order valence-corrected chi connectivity index (χ1v) is 21.2. The van der Waals surface area contributed by atoms with Crippen LogP contribution in [0.1, 0.15) is 240 Å². The summed E-state index contributed by atoms with van der Waals surface area (Å²) < 4.78 is 0. The Morgan fingerprint density at radius 2 is 0.735 bits per heavy atom. The van der Waals surface area contributed by atoms with E-state index in [9.17, 15) is 9.59 Å². The van der Waals surface area contributed by atoms with Gasteiger partial charge in [0.25, 0.3) is 0 Å². The van der Waals surface area contributed by atoms with Gasteiger partial charge in [0.2, 0.25) is 0 Å². The Morgan fingerprint density at radius 3 is 1.06 bits per heavy atom. The molecule has 0 aliphatic rings. The van der Waals surface area contributed by atoms with Gasteiger partial charge < -0.3 is 39.9 Å². The minimum atomic E-state index is 0. The van der Waals surface area contributed by atoms with Crippen LogP contribution in [0.15, 0.2) is 48.5 Å². The molecule has 3 heteroatoms. The zero-order valence-corrected chi connectivity index (χ0v) is 33.5. The second-order valence-electron chi connectivity index (χ2n) is 14.6. The number of carbonyl (C=O) groups is 2. The van der Waals surface area contributed by atoms with Gasteiger partial charge in [0.1, 0.15) is 5.78 Å². The van der Waals surface area contributed by atoms with Crippen LogP contribution in [0.25, 0.3) is 0 Å². The third kappa shape index (κ3) is 29.9. The van der Waals surface area contributed by atoms with Crippen molar-refractivity contribution in [2.75, 3.05) is 0 Å². The van der Waals surface area contributed by atoms with E-state index in [2.05, 4.69) is 13.8 Å². The van der Waals surface area contributed by atoms with Gasteiger partial charge in [-0.05, 0) is 12.8 Å². The topological polar surface area (TPSA) is 34.1 Å². The molecule has 49 heavy (non-hydrogen) atoms. The predicted octanol–water partition coefficient (Wildman–Crippen LogP) is 15.7. The maximum Gasteiger partial charge on any atom is 0.122 e. The minimum Gasteiger partial charge on any atom is -0.748 e. The maximum absolute atomic E-state index is 12.8. The Labute approximate surface area is 316 Å². The van der Waals surface area contributed by atoms with Crippen molar-refractivity contribution in [2.24, 2.45) is 0 Å². The molecule has 2 rings (SSSR count). The van der Waals surface area contributed by atoms with E-state index in [0.717, 1.165) is 25.7 Å². The van der Waals surface area contributed by atoms with Gasteiger partial charge in [-0.3, -0.25) is 0 Å². The van der Waals surface area contributed by atoms with Crippen molar-refractivity contribution in [1.29, 1.82) is 0 Å². The number of ketones is 2. The van der Waals surface area contributed by atoms with Gasteiger partial charge in [0.15, 0.2) is 0 Å². The summed E-state index contributed by atoms with van der Waals surface area (Å²) >= 11 is 0. The van der Waals surface area contributed by atoms with Gasteiger partial charge in [-0.15, -0.1) is 11.6 Å². The molecule has 0 saturated carbocycles. The number of unbranched alkanes of at least 4 members (excludes halogenated alkanes) is 28. The molecule has 2 aromatic carbocycles. The second-order valence-corrected chi connectivity index (χ2v) is 14.6. The molecule has 0 amide bonds. The molecule has 0 fully saturated rings. The average molecular weight is 719 g/mol. The first kappa shape index (κ1) is 47.6. The minimum absolute atomic E-state index is 0. The summed E-state index contributed by atoms with van der Waals surface area (Å²) in [4.78, 5) is 25.7. The molecule has 0 aliphatic carbocycles. The number of Topliss-reactive ketones (excluding diaryl/α,β-unsaturated/α-hetero) is 2. The molecular formula is C46H78FeO2-6. The monoisotopic (exact) mass is 719 g/mol. The summed E-state index contributed by atoms with van der Waals surface area (Å²) in [5.41, 5.74) is 1.35. The fourth-order valence-corrected chi connectivity index (χ4v) is 6.81. The van der Waals surface area contributed by atoms with E-state index in [1.165, 1.54) is 167 Å². The standard InChI is InChI=1S/C41H73O2.C5H5.Fe/c1-3-5-7-9-11-13-15-17-19-21-23-25-27-29-31-36-40(42)38-34-33-35-39(38)41(43)37-32-30-28-26-24-22-20-18-16-14-12-10-8-6-4-2;1-2-4-5-3-1;/h33-35H,3-32,36-37H2,1-2H3;1-5H;/q-1;-5;. The van der Waals surface area contributed by atoms with Gasteiger partial charge in [0, 0.05) is 23.5 Å². The van der Waals surface area contributed by atoms with Crippen LogP contribution >= 0.6 is 0 Å². The molecule has 0 spiro atoms. The molecule has 0 atom stereocenters. The van der Waals surface area contributed by atoms with E-state index in [-0.39, 0.29) is 28.6 Å². The number of hydrogen-bond donors (Lipinski definition) is 0. The largest absolute Gasteiger partial charge is 0.748 e. The predicted molar refractivity (Wildman–Crippen MR) is 212 cm³/mol. The van der Waals surface area contributed by atoms with E-state index in [4.69, 9.17) is 0 Å². The van der Waals surface area contributed by atoms with E-state index in [1.807, 2.05) is 48.5 Å². The number of carbonyl (C=O) groups excluding carboxylic acids is 2. The van der Waals surface area contributed by atoms with E-state index in [1.54, 1.807) is 0 Å². The van der Waals surface area contributed by atoms with Crippen LogP contribution in [0.4, 0.5) is 0 Å². The van der Waals surface area contributed by atoms with Crippen LogP contribution in [0.5, 0.6) is 0 Å². The van der Waals surface area contributed by atoms with Crippen LogP contribution in [0.3, 0.4) is 0 Å². The molecule has 0 aliphatic heterocycles. The van der Waals surface area contributed by atoms with Crippen molar-refractivity contribution in [3.8, 4) is 0 Å². The van der Waals surface area contributed by atoms with Gasteiger partial charge in [-0.2, -0.15) is 12.1 Å². The molecule has 0 saturated heterocycles. The first-order valence-electron chi connectivity index (χ1n) is 21.2.